The summed E-state index contributed by atoms with van der Waals surface area (Å²) in [4.78, 5) is 0. The fourth-order valence-electron chi connectivity index (χ4n) is 1.58. The SMILES string of the molecule is CCCCCCCCC[SiH2]OCCOC. The number of hydrogen-bond donors (Lipinski definition) is 0. The van der Waals surface area contributed by atoms with Gasteiger partial charge in [-0.05, 0) is 6.04 Å². The summed E-state index contributed by atoms with van der Waals surface area (Å²) in [5.74, 6) is 0. The maximum atomic E-state index is 5.53. The van der Waals surface area contributed by atoms with Gasteiger partial charge in [-0.25, -0.2) is 0 Å². The largest absolute Gasteiger partial charge is 0.422 e. The van der Waals surface area contributed by atoms with Crippen LogP contribution in [0.4, 0.5) is 0 Å². The van der Waals surface area contributed by atoms with E-state index in [0.717, 1.165) is 13.2 Å². The van der Waals surface area contributed by atoms with Crippen molar-refractivity contribution < 1.29 is 9.16 Å². The molecule has 0 spiro atoms. The molecule has 0 saturated heterocycles. The van der Waals surface area contributed by atoms with Gasteiger partial charge < -0.3 is 9.16 Å². The minimum absolute atomic E-state index is 0.233. The van der Waals surface area contributed by atoms with Crippen molar-refractivity contribution in [3.8, 4) is 0 Å². The Balaban J connectivity index is 2.81. The molecule has 0 aromatic rings. The predicted molar refractivity (Wildman–Crippen MR) is 69.2 cm³/mol. The van der Waals surface area contributed by atoms with Gasteiger partial charge >= 0.3 is 0 Å². The van der Waals surface area contributed by atoms with Gasteiger partial charge in [0, 0.05) is 7.11 Å². The van der Waals surface area contributed by atoms with Gasteiger partial charge in [0.05, 0.1) is 13.2 Å². The number of methoxy groups -OCH3 is 1. The van der Waals surface area contributed by atoms with Gasteiger partial charge in [0.1, 0.15) is 0 Å². The van der Waals surface area contributed by atoms with E-state index in [2.05, 4.69) is 6.92 Å². The van der Waals surface area contributed by atoms with Crippen LogP contribution in [-0.4, -0.2) is 30.1 Å². The number of ether oxygens (including phenoxy) is 1. The molecule has 0 bridgehead atoms. The Morgan fingerprint density at radius 1 is 0.867 bits per heavy atom. The molecule has 0 aromatic heterocycles. The van der Waals surface area contributed by atoms with Crippen molar-refractivity contribution in [3.63, 3.8) is 0 Å². The first-order valence-electron chi connectivity index (χ1n) is 6.48. The van der Waals surface area contributed by atoms with E-state index in [-0.39, 0.29) is 9.76 Å². The van der Waals surface area contributed by atoms with Crippen molar-refractivity contribution in [2.45, 2.75) is 57.9 Å². The van der Waals surface area contributed by atoms with Crippen LogP contribution in [0.2, 0.25) is 6.04 Å². The Bertz CT molecular complexity index is 97.8. The highest BCUT2D eigenvalue weighted by molar-refractivity contribution is 6.26. The van der Waals surface area contributed by atoms with Crippen LogP contribution in [0.5, 0.6) is 0 Å². The van der Waals surface area contributed by atoms with E-state index in [9.17, 15) is 0 Å². The zero-order valence-corrected chi connectivity index (χ0v) is 12.0. The number of unbranched alkanes of at least 4 members (excludes halogenated alkanes) is 6. The monoisotopic (exact) mass is 232 g/mol. The van der Waals surface area contributed by atoms with Gasteiger partial charge in [0.2, 0.25) is 0 Å². The summed E-state index contributed by atoms with van der Waals surface area (Å²) in [6.45, 7) is 3.83. The van der Waals surface area contributed by atoms with E-state index in [1.165, 1.54) is 51.0 Å². The third-order valence-corrected chi connectivity index (χ3v) is 3.94. The molecular formula is C12H28O2Si. The smallest absolute Gasteiger partial charge is 0.161 e. The van der Waals surface area contributed by atoms with Crippen molar-refractivity contribution in [1.29, 1.82) is 0 Å². The Hall–Kier alpha value is 0.137. The molecule has 0 fully saturated rings. The first-order valence-corrected chi connectivity index (χ1v) is 8.06. The molecule has 0 saturated carbocycles. The maximum absolute atomic E-state index is 5.53. The van der Waals surface area contributed by atoms with Crippen LogP contribution in [0.25, 0.3) is 0 Å². The number of rotatable bonds is 12. The lowest BCUT2D eigenvalue weighted by Crippen LogP contribution is -2.05. The van der Waals surface area contributed by atoms with Crippen molar-refractivity contribution in [2.75, 3.05) is 20.3 Å². The van der Waals surface area contributed by atoms with Crippen LogP contribution >= 0.6 is 0 Å². The van der Waals surface area contributed by atoms with Crippen LogP contribution in [0.15, 0.2) is 0 Å². The van der Waals surface area contributed by atoms with Crippen molar-refractivity contribution in [2.24, 2.45) is 0 Å². The Morgan fingerprint density at radius 3 is 2.20 bits per heavy atom. The normalized spacial score (nSPS) is 11.6. The highest BCUT2D eigenvalue weighted by Crippen LogP contribution is 2.08. The lowest BCUT2D eigenvalue weighted by atomic mass is 10.1. The summed E-state index contributed by atoms with van der Waals surface area (Å²) in [6.07, 6.45) is 9.83. The summed E-state index contributed by atoms with van der Waals surface area (Å²) < 4.78 is 10.5. The molecule has 0 radical (unpaired) electrons. The minimum Gasteiger partial charge on any atom is -0.422 e. The highest BCUT2D eigenvalue weighted by atomic mass is 28.2. The lowest BCUT2D eigenvalue weighted by Gasteiger charge is -2.03. The van der Waals surface area contributed by atoms with E-state index in [4.69, 9.17) is 9.16 Å². The van der Waals surface area contributed by atoms with Gasteiger partial charge in [0.15, 0.2) is 9.76 Å². The highest BCUT2D eigenvalue weighted by Gasteiger charge is 1.92. The van der Waals surface area contributed by atoms with Crippen LogP contribution in [0, 0.1) is 0 Å². The average molecular weight is 232 g/mol. The topological polar surface area (TPSA) is 18.5 Å². The molecule has 0 aliphatic rings. The molecule has 15 heavy (non-hydrogen) atoms. The molecule has 0 atom stereocenters. The molecule has 0 rings (SSSR count). The second-order valence-electron chi connectivity index (χ2n) is 4.08. The summed E-state index contributed by atoms with van der Waals surface area (Å²) in [5.41, 5.74) is 0. The maximum Gasteiger partial charge on any atom is 0.161 e. The lowest BCUT2D eigenvalue weighted by molar-refractivity contribution is 0.149. The first kappa shape index (κ1) is 15.1. The van der Waals surface area contributed by atoms with Gasteiger partial charge in [-0.1, -0.05) is 51.9 Å². The summed E-state index contributed by atoms with van der Waals surface area (Å²) >= 11 is 0. The van der Waals surface area contributed by atoms with Gasteiger partial charge in [-0.2, -0.15) is 0 Å². The molecule has 0 aliphatic heterocycles. The molecule has 0 aliphatic carbocycles. The van der Waals surface area contributed by atoms with Gasteiger partial charge in [-0.3, -0.25) is 0 Å². The molecule has 0 amide bonds. The van der Waals surface area contributed by atoms with Crippen molar-refractivity contribution >= 4 is 9.76 Å². The molecule has 0 unspecified atom stereocenters. The summed E-state index contributed by atoms with van der Waals surface area (Å²) in [7, 11) is 1.49. The second-order valence-corrected chi connectivity index (χ2v) is 5.60. The Morgan fingerprint density at radius 2 is 1.53 bits per heavy atom. The fourth-order valence-corrected chi connectivity index (χ4v) is 2.67. The quantitative estimate of drug-likeness (QED) is 0.380. The molecular weight excluding hydrogens is 204 g/mol. The summed E-state index contributed by atoms with van der Waals surface area (Å²) in [6, 6.07) is 1.34. The average Bonchev–Trinajstić information content (AvgIpc) is 2.26. The van der Waals surface area contributed by atoms with Crippen molar-refractivity contribution in [3.05, 3.63) is 0 Å². The van der Waals surface area contributed by atoms with Gasteiger partial charge in [0.25, 0.3) is 0 Å². The van der Waals surface area contributed by atoms with Crippen LogP contribution in [0.1, 0.15) is 51.9 Å². The first-order chi connectivity index (χ1) is 7.41. The van der Waals surface area contributed by atoms with E-state index < -0.39 is 0 Å². The van der Waals surface area contributed by atoms with Crippen molar-refractivity contribution in [1.82, 2.24) is 0 Å². The molecule has 2 nitrogen and oxygen atoms in total. The molecule has 3 heteroatoms. The Kier molecular flexibility index (Phi) is 14.3. The third kappa shape index (κ3) is 14.1. The Labute approximate surface area is 97.7 Å². The zero-order chi connectivity index (χ0) is 11.2. The number of hydrogen-bond acceptors (Lipinski definition) is 2. The van der Waals surface area contributed by atoms with E-state index in [0.29, 0.717) is 0 Å². The van der Waals surface area contributed by atoms with E-state index in [1.54, 1.807) is 7.11 Å². The predicted octanol–water partition coefficient (Wildman–Crippen LogP) is 2.90. The van der Waals surface area contributed by atoms with E-state index >= 15 is 0 Å². The third-order valence-electron chi connectivity index (χ3n) is 2.57. The van der Waals surface area contributed by atoms with Crippen LogP contribution in [0.3, 0.4) is 0 Å². The molecule has 0 aromatic carbocycles. The second kappa shape index (κ2) is 14.1. The van der Waals surface area contributed by atoms with Crippen LogP contribution < -0.4 is 0 Å². The molecule has 0 N–H and O–H groups in total. The zero-order valence-electron chi connectivity index (χ0n) is 10.6. The van der Waals surface area contributed by atoms with Crippen LogP contribution in [-0.2, 0) is 9.16 Å². The molecule has 92 valence electrons. The van der Waals surface area contributed by atoms with E-state index in [1.807, 2.05) is 0 Å². The standard InChI is InChI=1S/C12H28O2Si/c1-3-4-5-6-7-8-9-12-15-14-11-10-13-2/h3-12,15H2,1-2H3. The fraction of sp³-hybridized carbons (Fsp3) is 1.00. The van der Waals surface area contributed by atoms with Gasteiger partial charge in [-0.15, -0.1) is 0 Å². The molecule has 0 heterocycles. The summed E-state index contributed by atoms with van der Waals surface area (Å²) in [5, 5.41) is 0. The minimum atomic E-state index is -0.233.